The Morgan fingerprint density at radius 1 is 0.688 bits per heavy atom. The molecule has 0 spiro atoms. The van der Waals surface area contributed by atoms with Gasteiger partial charge in [-0.05, 0) is 34.4 Å². The SMILES string of the molecule is O=C(OCCN1C(=O)[C@H]2C3c4ccccc4C(c4ccccc43)[C@@H]2C1=O)c1ccccc1. The second-order valence-electron chi connectivity index (χ2n) is 8.59. The number of carbonyl (C=O) groups is 3. The first-order chi connectivity index (χ1) is 15.7. The molecule has 3 aromatic carbocycles. The van der Waals surface area contributed by atoms with E-state index in [0.717, 1.165) is 22.3 Å². The molecule has 0 radical (unpaired) electrons. The van der Waals surface area contributed by atoms with E-state index in [1.807, 2.05) is 30.3 Å². The summed E-state index contributed by atoms with van der Waals surface area (Å²) in [4.78, 5) is 40.5. The number of likely N-dealkylation sites (tertiary alicyclic amines) is 1. The Balaban J connectivity index is 1.28. The number of nitrogens with zero attached hydrogens (tertiary/aromatic N) is 1. The summed E-state index contributed by atoms with van der Waals surface area (Å²) in [5, 5.41) is 0. The molecular weight excluding hydrogens is 402 g/mol. The quantitative estimate of drug-likeness (QED) is 0.474. The Labute approximate surface area is 185 Å². The maximum Gasteiger partial charge on any atom is 0.338 e. The van der Waals surface area contributed by atoms with Gasteiger partial charge in [-0.1, -0.05) is 66.7 Å². The fourth-order valence-electron chi connectivity index (χ4n) is 5.85. The second-order valence-corrected chi connectivity index (χ2v) is 8.59. The highest BCUT2D eigenvalue weighted by molar-refractivity contribution is 6.07. The van der Waals surface area contributed by atoms with E-state index in [4.69, 9.17) is 4.74 Å². The van der Waals surface area contributed by atoms with Crippen molar-refractivity contribution in [3.8, 4) is 0 Å². The van der Waals surface area contributed by atoms with Crippen LogP contribution in [0.25, 0.3) is 0 Å². The summed E-state index contributed by atoms with van der Waals surface area (Å²) in [5.41, 5.74) is 5.04. The van der Waals surface area contributed by atoms with Crippen LogP contribution >= 0.6 is 0 Å². The predicted molar refractivity (Wildman–Crippen MR) is 117 cm³/mol. The third-order valence-corrected chi connectivity index (χ3v) is 7.10. The van der Waals surface area contributed by atoms with E-state index in [-0.39, 0.29) is 36.8 Å². The first-order valence-electron chi connectivity index (χ1n) is 10.9. The third kappa shape index (κ3) is 2.60. The number of rotatable bonds is 4. The lowest BCUT2D eigenvalue weighted by Gasteiger charge is -2.45. The van der Waals surface area contributed by atoms with Gasteiger partial charge in [0.05, 0.1) is 23.9 Å². The molecule has 2 bridgehead atoms. The molecule has 1 fully saturated rings. The third-order valence-electron chi connectivity index (χ3n) is 7.10. The van der Waals surface area contributed by atoms with E-state index < -0.39 is 17.8 Å². The van der Waals surface area contributed by atoms with Crippen LogP contribution in [0, 0.1) is 11.8 Å². The van der Waals surface area contributed by atoms with Crippen LogP contribution in [-0.2, 0) is 14.3 Å². The van der Waals surface area contributed by atoms with Gasteiger partial charge in [0.1, 0.15) is 6.61 Å². The second kappa shape index (κ2) is 7.16. The van der Waals surface area contributed by atoms with Gasteiger partial charge >= 0.3 is 5.97 Å². The smallest absolute Gasteiger partial charge is 0.338 e. The molecule has 0 saturated carbocycles. The number of ether oxygens (including phenoxy) is 1. The molecule has 2 atom stereocenters. The van der Waals surface area contributed by atoms with Crippen LogP contribution in [0.5, 0.6) is 0 Å². The maximum atomic E-state index is 13.5. The minimum Gasteiger partial charge on any atom is -0.460 e. The molecule has 3 aliphatic carbocycles. The molecular formula is C27H21NO4. The molecule has 1 saturated heterocycles. The molecule has 1 heterocycles. The van der Waals surface area contributed by atoms with Crippen LogP contribution in [0.15, 0.2) is 78.9 Å². The van der Waals surface area contributed by atoms with E-state index in [9.17, 15) is 14.4 Å². The Hall–Kier alpha value is -3.73. The highest BCUT2D eigenvalue weighted by Gasteiger charge is 2.61. The summed E-state index contributed by atoms with van der Waals surface area (Å²) in [6, 6.07) is 25.0. The molecule has 158 valence electrons. The topological polar surface area (TPSA) is 63.7 Å². The van der Waals surface area contributed by atoms with Gasteiger partial charge in [-0.25, -0.2) is 4.79 Å². The van der Waals surface area contributed by atoms with Crippen molar-refractivity contribution >= 4 is 17.8 Å². The fourth-order valence-corrected chi connectivity index (χ4v) is 5.85. The molecule has 1 aliphatic heterocycles. The molecule has 3 aromatic rings. The Bertz CT molecular complexity index is 1140. The van der Waals surface area contributed by atoms with Crippen LogP contribution in [0.1, 0.15) is 44.4 Å². The van der Waals surface area contributed by atoms with Crippen molar-refractivity contribution in [1.29, 1.82) is 0 Å². The van der Waals surface area contributed by atoms with Crippen molar-refractivity contribution < 1.29 is 19.1 Å². The lowest BCUT2D eigenvalue weighted by atomic mass is 9.55. The van der Waals surface area contributed by atoms with Gasteiger partial charge in [0.15, 0.2) is 0 Å². The zero-order valence-corrected chi connectivity index (χ0v) is 17.3. The number of hydrogen-bond donors (Lipinski definition) is 0. The molecule has 7 rings (SSSR count). The van der Waals surface area contributed by atoms with Crippen LogP contribution in [-0.4, -0.2) is 35.8 Å². The van der Waals surface area contributed by atoms with Crippen molar-refractivity contribution in [1.82, 2.24) is 4.90 Å². The molecule has 5 heteroatoms. The van der Waals surface area contributed by atoms with Gasteiger partial charge in [-0.15, -0.1) is 0 Å². The zero-order chi connectivity index (χ0) is 21.8. The minimum absolute atomic E-state index is 0.0140. The molecule has 0 aromatic heterocycles. The number of carbonyl (C=O) groups excluding carboxylic acids is 3. The Morgan fingerprint density at radius 2 is 1.12 bits per heavy atom. The standard InChI is InChI=1S/C27H21NO4/c29-25-23-21-17-10-4-5-11-18(17)22(20-13-7-6-12-19(20)21)24(23)26(30)28(25)14-15-32-27(31)16-8-2-1-3-9-16/h1-13,21-24H,14-15H2/t21?,22?,23-,24-/m0/s1. The van der Waals surface area contributed by atoms with E-state index in [0.29, 0.717) is 5.56 Å². The van der Waals surface area contributed by atoms with Gasteiger partial charge in [0.2, 0.25) is 11.8 Å². The number of esters is 1. The maximum absolute atomic E-state index is 13.5. The van der Waals surface area contributed by atoms with Crippen molar-refractivity contribution in [2.45, 2.75) is 11.8 Å². The largest absolute Gasteiger partial charge is 0.460 e. The first kappa shape index (κ1) is 19.0. The molecule has 32 heavy (non-hydrogen) atoms. The van der Waals surface area contributed by atoms with Gasteiger partial charge in [0, 0.05) is 11.8 Å². The van der Waals surface area contributed by atoms with E-state index in [2.05, 4.69) is 24.3 Å². The number of hydrogen-bond acceptors (Lipinski definition) is 4. The van der Waals surface area contributed by atoms with Gasteiger partial charge in [-0.2, -0.15) is 0 Å². The summed E-state index contributed by atoms with van der Waals surface area (Å²) in [5.74, 6) is -1.81. The number of benzene rings is 3. The van der Waals surface area contributed by atoms with Gasteiger partial charge in [-0.3, -0.25) is 14.5 Å². The Kier molecular flexibility index (Phi) is 4.25. The first-order valence-corrected chi connectivity index (χ1v) is 10.9. The van der Waals surface area contributed by atoms with E-state index in [1.165, 1.54) is 4.90 Å². The molecule has 0 unspecified atom stereocenters. The monoisotopic (exact) mass is 423 g/mol. The lowest BCUT2D eigenvalue weighted by molar-refractivity contribution is -0.140. The van der Waals surface area contributed by atoms with Crippen LogP contribution in [0.4, 0.5) is 0 Å². The predicted octanol–water partition coefficient (Wildman–Crippen LogP) is 3.74. The van der Waals surface area contributed by atoms with Gasteiger partial charge < -0.3 is 4.74 Å². The van der Waals surface area contributed by atoms with E-state index >= 15 is 0 Å². The Morgan fingerprint density at radius 3 is 1.59 bits per heavy atom. The zero-order valence-electron chi connectivity index (χ0n) is 17.3. The fraction of sp³-hybridized carbons (Fsp3) is 0.222. The van der Waals surface area contributed by atoms with E-state index in [1.54, 1.807) is 24.3 Å². The normalized spacial score (nSPS) is 24.7. The highest BCUT2D eigenvalue weighted by Crippen LogP contribution is 2.60. The number of imide groups is 1. The van der Waals surface area contributed by atoms with Crippen LogP contribution < -0.4 is 0 Å². The van der Waals surface area contributed by atoms with Gasteiger partial charge in [0.25, 0.3) is 0 Å². The summed E-state index contributed by atoms with van der Waals surface area (Å²) in [6.45, 7) is 0.0647. The highest BCUT2D eigenvalue weighted by atomic mass is 16.5. The molecule has 5 nitrogen and oxygen atoms in total. The van der Waals surface area contributed by atoms with Crippen molar-refractivity contribution in [2.75, 3.05) is 13.2 Å². The van der Waals surface area contributed by atoms with Crippen LogP contribution in [0.2, 0.25) is 0 Å². The average Bonchev–Trinajstić information content (AvgIpc) is 3.10. The summed E-state index contributed by atoms with van der Waals surface area (Å²) < 4.78 is 5.35. The van der Waals surface area contributed by atoms with Crippen LogP contribution in [0.3, 0.4) is 0 Å². The summed E-state index contributed by atoms with van der Waals surface area (Å²) in [7, 11) is 0. The van der Waals surface area contributed by atoms with Crippen molar-refractivity contribution in [3.05, 3.63) is 107 Å². The summed E-state index contributed by atoms with van der Waals surface area (Å²) >= 11 is 0. The number of amides is 2. The lowest BCUT2D eigenvalue weighted by Crippen LogP contribution is -2.41. The minimum atomic E-state index is -0.456. The molecule has 4 aliphatic rings. The van der Waals surface area contributed by atoms with Crippen molar-refractivity contribution in [3.63, 3.8) is 0 Å². The van der Waals surface area contributed by atoms with Crippen molar-refractivity contribution in [2.24, 2.45) is 11.8 Å². The molecule has 0 N–H and O–H groups in total. The molecule has 2 amide bonds. The average molecular weight is 423 g/mol. The summed E-state index contributed by atoms with van der Waals surface area (Å²) in [6.07, 6.45) is 0.